The highest BCUT2D eigenvalue weighted by molar-refractivity contribution is 6.02. The van der Waals surface area contributed by atoms with E-state index in [0.29, 0.717) is 17.9 Å². The number of β-amino-alcohol motifs (C(OH)–C–C–N with tert-alkyl or cyclic N) is 1. The van der Waals surface area contributed by atoms with Crippen molar-refractivity contribution in [2.75, 3.05) is 25.0 Å². The van der Waals surface area contributed by atoms with E-state index >= 15 is 0 Å². The Morgan fingerprint density at radius 2 is 1.91 bits per heavy atom. The molecule has 10 heteroatoms. The fraction of sp³-hybridized carbons (Fsp3) is 0.250. The van der Waals surface area contributed by atoms with Crippen molar-refractivity contribution in [1.82, 2.24) is 24.8 Å². The first kappa shape index (κ1) is 21.8. The van der Waals surface area contributed by atoms with E-state index in [0.717, 1.165) is 19.5 Å². The van der Waals surface area contributed by atoms with Gasteiger partial charge in [0.15, 0.2) is 5.69 Å². The van der Waals surface area contributed by atoms with Gasteiger partial charge in [-0.05, 0) is 29.7 Å². The van der Waals surface area contributed by atoms with Crippen LogP contribution >= 0.6 is 0 Å². The number of aromatic nitrogens is 3. The number of fused-ring (bicyclic) bond motifs is 2. The molecular formula is C24H24N6O4. The number of hydrogen-bond donors (Lipinski definition) is 3. The van der Waals surface area contributed by atoms with Crippen molar-refractivity contribution in [3.05, 3.63) is 83.6 Å². The summed E-state index contributed by atoms with van der Waals surface area (Å²) >= 11 is 0. The van der Waals surface area contributed by atoms with Crippen molar-refractivity contribution < 1.29 is 19.2 Å². The fourth-order valence-corrected chi connectivity index (χ4v) is 4.07. The molecular weight excluding hydrogens is 436 g/mol. The molecule has 0 saturated carbocycles. The molecule has 3 N–H and O–H groups in total. The molecule has 5 rings (SSSR count). The molecule has 2 amide bonds. The quantitative estimate of drug-likeness (QED) is 0.384. The topological polar surface area (TPSA) is 125 Å². The van der Waals surface area contributed by atoms with Crippen LogP contribution in [0.5, 0.6) is 0 Å². The summed E-state index contributed by atoms with van der Waals surface area (Å²) < 4.78 is 6.33. The minimum absolute atomic E-state index is 0.129. The molecule has 0 aliphatic carbocycles. The first-order valence-corrected chi connectivity index (χ1v) is 11.0. The van der Waals surface area contributed by atoms with Gasteiger partial charge in [-0.3, -0.25) is 14.5 Å². The van der Waals surface area contributed by atoms with Gasteiger partial charge in [0, 0.05) is 44.6 Å². The molecule has 1 aromatic carbocycles. The van der Waals surface area contributed by atoms with Gasteiger partial charge in [-0.2, -0.15) is 0 Å². The van der Waals surface area contributed by atoms with Crippen LogP contribution in [-0.4, -0.2) is 62.1 Å². The summed E-state index contributed by atoms with van der Waals surface area (Å²) in [5.41, 5.74) is 4.10. The molecule has 0 radical (unpaired) electrons. The molecule has 4 heterocycles. The number of anilines is 1. The van der Waals surface area contributed by atoms with E-state index in [1.807, 2.05) is 12.1 Å². The minimum Gasteiger partial charge on any atom is -0.390 e. The van der Waals surface area contributed by atoms with Gasteiger partial charge in [-0.25, -0.2) is 4.98 Å². The van der Waals surface area contributed by atoms with Crippen LogP contribution in [0.4, 0.5) is 5.69 Å². The van der Waals surface area contributed by atoms with Crippen molar-refractivity contribution in [2.24, 2.45) is 0 Å². The van der Waals surface area contributed by atoms with Crippen LogP contribution in [0.3, 0.4) is 0 Å². The maximum absolute atomic E-state index is 12.6. The maximum atomic E-state index is 12.6. The predicted octanol–water partition coefficient (Wildman–Crippen LogP) is 1.72. The number of nitrogens with zero attached hydrogens (tertiary/aromatic N) is 4. The number of benzene rings is 1. The third kappa shape index (κ3) is 4.82. The lowest BCUT2D eigenvalue weighted by molar-refractivity contribution is 0.0838. The van der Waals surface area contributed by atoms with Crippen LogP contribution in [0.1, 0.15) is 32.1 Å². The van der Waals surface area contributed by atoms with Crippen LogP contribution in [0, 0.1) is 0 Å². The molecule has 0 fully saturated rings. The zero-order valence-electron chi connectivity index (χ0n) is 18.3. The van der Waals surface area contributed by atoms with Crippen molar-refractivity contribution in [1.29, 1.82) is 0 Å². The second kappa shape index (κ2) is 9.46. The van der Waals surface area contributed by atoms with E-state index < -0.39 is 12.0 Å². The van der Waals surface area contributed by atoms with Crippen molar-refractivity contribution in [2.45, 2.75) is 19.1 Å². The second-order valence-electron chi connectivity index (χ2n) is 8.27. The highest BCUT2D eigenvalue weighted by Gasteiger charge is 2.19. The van der Waals surface area contributed by atoms with Crippen LogP contribution < -0.4 is 10.6 Å². The summed E-state index contributed by atoms with van der Waals surface area (Å²) in [6.07, 6.45) is 4.81. The van der Waals surface area contributed by atoms with E-state index in [2.05, 4.69) is 42.3 Å². The Balaban J connectivity index is 1.15. The number of imidazole rings is 1. The van der Waals surface area contributed by atoms with Crippen LogP contribution in [0.15, 0.2) is 65.6 Å². The van der Waals surface area contributed by atoms with Crippen molar-refractivity contribution in [3.63, 3.8) is 0 Å². The molecule has 0 spiro atoms. The summed E-state index contributed by atoms with van der Waals surface area (Å²) in [7, 11) is 0. The van der Waals surface area contributed by atoms with Crippen LogP contribution in [-0.2, 0) is 13.0 Å². The summed E-state index contributed by atoms with van der Waals surface area (Å²) in [4.78, 5) is 31.2. The third-order valence-electron chi connectivity index (χ3n) is 5.79. The number of amides is 2. The largest absolute Gasteiger partial charge is 0.390 e. The van der Waals surface area contributed by atoms with E-state index in [1.54, 1.807) is 28.9 Å². The molecule has 1 atom stereocenters. The first-order chi connectivity index (χ1) is 16.5. The Morgan fingerprint density at radius 3 is 2.74 bits per heavy atom. The monoisotopic (exact) mass is 460 g/mol. The summed E-state index contributed by atoms with van der Waals surface area (Å²) in [6, 6.07) is 13.2. The molecule has 34 heavy (non-hydrogen) atoms. The number of rotatable bonds is 7. The zero-order valence-corrected chi connectivity index (χ0v) is 18.3. The highest BCUT2D eigenvalue weighted by atomic mass is 16.5. The lowest BCUT2D eigenvalue weighted by atomic mass is 10.00. The Hall–Kier alpha value is -4.02. The van der Waals surface area contributed by atoms with Gasteiger partial charge in [0.2, 0.25) is 0 Å². The molecule has 10 nitrogen and oxygen atoms in total. The second-order valence-corrected chi connectivity index (χ2v) is 8.27. The van der Waals surface area contributed by atoms with E-state index in [9.17, 15) is 14.7 Å². The summed E-state index contributed by atoms with van der Waals surface area (Å²) in [6.45, 7) is 2.28. The number of hydrogen-bond acceptors (Lipinski definition) is 7. The minimum atomic E-state index is -0.690. The number of aliphatic hydroxyl groups is 1. The Kier molecular flexibility index (Phi) is 6.07. The van der Waals surface area contributed by atoms with Crippen LogP contribution in [0.25, 0.3) is 5.65 Å². The van der Waals surface area contributed by atoms with Gasteiger partial charge in [-0.1, -0.05) is 29.4 Å². The predicted molar refractivity (Wildman–Crippen MR) is 123 cm³/mol. The van der Waals surface area contributed by atoms with Gasteiger partial charge in [-0.15, -0.1) is 0 Å². The van der Waals surface area contributed by atoms with E-state index in [1.165, 1.54) is 23.5 Å². The normalized spacial score (nSPS) is 14.5. The van der Waals surface area contributed by atoms with Crippen molar-refractivity contribution in [3.8, 4) is 0 Å². The lowest BCUT2D eigenvalue weighted by Gasteiger charge is -2.30. The van der Waals surface area contributed by atoms with Gasteiger partial charge in [0.1, 0.15) is 17.6 Å². The number of carbonyl (C=O) groups is 2. The van der Waals surface area contributed by atoms with E-state index in [4.69, 9.17) is 0 Å². The summed E-state index contributed by atoms with van der Waals surface area (Å²) in [5.74, 6) is -0.780. The maximum Gasteiger partial charge on any atom is 0.277 e. The lowest BCUT2D eigenvalue weighted by Crippen LogP contribution is -2.42. The summed E-state index contributed by atoms with van der Waals surface area (Å²) in [5, 5.41) is 19.5. The standard InChI is InChI=1S/C24H24N6O4/c31-19(14-29-9-7-16-3-1-2-4-17(16)12-29)11-25-23(32)21-15-30-13-18(5-6-22(30)27-21)26-24(33)20-8-10-34-28-20/h1-6,8,10,13,15,19,31H,7,9,11-12,14H2,(H,25,32)(H,26,33). The Morgan fingerprint density at radius 1 is 1.06 bits per heavy atom. The third-order valence-corrected chi connectivity index (χ3v) is 5.79. The molecule has 1 unspecified atom stereocenters. The van der Waals surface area contributed by atoms with Crippen LogP contribution in [0.2, 0.25) is 0 Å². The average Bonchev–Trinajstić information content (AvgIpc) is 3.52. The molecule has 4 aromatic rings. The molecule has 1 aliphatic rings. The Labute approximate surface area is 195 Å². The number of nitrogens with one attached hydrogen (secondary N) is 2. The average molecular weight is 460 g/mol. The molecule has 0 saturated heterocycles. The number of pyridine rings is 1. The fourth-order valence-electron chi connectivity index (χ4n) is 4.07. The molecule has 1 aliphatic heterocycles. The first-order valence-electron chi connectivity index (χ1n) is 11.0. The molecule has 174 valence electrons. The molecule has 0 bridgehead atoms. The van der Waals surface area contributed by atoms with Gasteiger partial charge < -0.3 is 24.7 Å². The highest BCUT2D eigenvalue weighted by Crippen LogP contribution is 2.18. The molecule has 3 aromatic heterocycles. The van der Waals surface area contributed by atoms with Gasteiger partial charge >= 0.3 is 0 Å². The SMILES string of the molecule is O=C(NCC(O)CN1CCc2ccccc2C1)c1cn2cc(NC(=O)c3ccon3)ccc2n1. The number of carbonyl (C=O) groups excluding carboxylic acids is 2. The zero-order chi connectivity index (χ0) is 23.5. The van der Waals surface area contributed by atoms with Crippen molar-refractivity contribution >= 4 is 23.1 Å². The van der Waals surface area contributed by atoms with Gasteiger partial charge in [0.05, 0.1) is 11.8 Å². The smallest absolute Gasteiger partial charge is 0.277 e. The van der Waals surface area contributed by atoms with Gasteiger partial charge in [0.25, 0.3) is 11.8 Å². The van der Waals surface area contributed by atoms with E-state index in [-0.39, 0.29) is 23.8 Å². The Bertz CT molecular complexity index is 1320. The number of aliphatic hydroxyl groups excluding tert-OH is 1.